The van der Waals surface area contributed by atoms with Crippen LogP contribution in [-0.4, -0.2) is 13.1 Å². The largest absolute Gasteiger partial charge is 0.364 e. The molecule has 0 aliphatic carbocycles. The van der Waals surface area contributed by atoms with Gasteiger partial charge in [-0.05, 0) is 23.1 Å². The van der Waals surface area contributed by atoms with Crippen molar-refractivity contribution in [2.45, 2.75) is 20.8 Å². The van der Waals surface area contributed by atoms with Crippen molar-refractivity contribution in [1.29, 1.82) is 0 Å². The van der Waals surface area contributed by atoms with Crippen LogP contribution in [0.1, 0.15) is 20.8 Å². The fraction of sp³-hybridized carbons (Fsp3) is 0.375. The highest BCUT2D eigenvalue weighted by Gasteiger charge is 2.16. The number of hydrogen-bond acceptors (Lipinski definition) is 1. The van der Waals surface area contributed by atoms with Gasteiger partial charge in [-0.3, -0.25) is 0 Å². The van der Waals surface area contributed by atoms with E-state index in [1.165, 1.54) is 11.3 Å². The Morgan fingerprint density at radius 2 is 1.71 bits per heavy atom. The zero-order valence-electron chi connectivity index (χ0n) is 11.0. The Morgan fingerprint density at radius 3 is 2.35 bits per heavy atom. The van der Waals surface area contributed by atoms with E-state index in [1.54, 1.807) is 0 Å². The van der Waals surface area contributed by atoms with Gasteiger partial charge < -0.3 is 4.90 Å². The summed E-state index contributed by atoms with van der Waals surface area (Å²) in [6.45, 7) is 8.77. The molecule has 0 unspecified atom stereocenters. The molecule has 0 saturated heterocycles. The summed E-state index contributed by atoms with van der Waals surface area (Å²) in [5.74, 6) is 0. The van der Waals surface area contributed by atoms with Crippen molar-refractivity contribution in [3.8, 4) is 0 Å². The minimum absolute atomic E-state index is 0.239. The molecule has 1 heteroatoms. The van der Waals surface area contributed by atoms with Gasteiger partial charge in [0.25, 0.3) is 0 Å². The highest BCUT2D eigenvalue weighted by Crippen LogP contribution is 2.28. The molecule has 0 spiro atoms. The Kier molecular flexibility index (Phi) is 3.37. The molecule has 0 aromatic heterocycles. The zero-order chi connectivity index (χ0) is 12.3. The number of hydrogen-bond donors (Lipinski definition) is 0. The molecular formula is C16H21N. The molecule has 1 aromatic rings. The second-order valence-electron chi connectivity index (χ2n) is 5.55. The molecular weight excluding hydrogens is 206 g/mol. The normalized spacial score (nSPS) is 16.6. The van der Waals surface area contributed by atoms with Gasteiger partial charge >= 0.3 is 0 Å². The summed E-state index contributed by atoms with van der Waals surface area (Å²) in [5, 5.41) is 0. The van der Waals surface area contributed by atoms with Crippen molar-refractivity contribution in [3.63, 3.8) is 0 Å². The zero-order valence-corrected chi connectivity index (χ0v) is 11.0. The number of para-hydroxylation sites is 1. The highest BCUT2D eigenvalue weighted by atomic mass is 15.1. The van der Waals surface area contributed by atoms with Gasteiger partial charge in [0.2, 0.25) is 0 Å². The summed E-state index contributed by atoms with van der Waals surface area (Å²) in [6, 6.07) is 10.6. The summed E-state index contributed by atoms with van der Waals surface area (Å²) in [7, 11) is 0. The number of anilines is 1. The number of rotatable bonds is 1. The van der Waals surface area contributed by atoms with E-state index in [9.17, 15) is 0 Å². The van der Waals surface area contributed by atoms with Crippen molar-refractivity contribution in [1.82, 2.24) is 0 Å². The summed E-state index contributed by atoms with van der Waals surface area (Å²) in [6.07, 6.45) is 6.87. The van der Waals surface area contributed by atoms with E-state index in [0.29, 0.717) is 0 Å². The maximum atomic E-state index is 2.38. The molecule has 90 valence electrons. The molecule has 1 heterocycles. The maximum Gasteiger partial charge on any atom is 0.0371 e. The number of benzene rings is 1. The van der Waals surface area contributed by atoms with Crippen LogP contribution in [0.3, 0.4) is 0 Å². The summed E-state index contributed by atoms with van der Waals surface area (Å²) >= 11 is 0. The Balaban J connectivity index is 2.18. The van der Waals surface area contributed by atoms with Gasteiger partial charge in [0.1, 0.15) is 0 Å². The molecule has 1 aromatic carbocycles. The lowest BCUT2D eigenvalue weighted by Crippen LogP contribution is -2.22. The van der Waals surface area contributed by atoms with E-state index in [-0.39, 0.29) is 5.41 Å². The quantitative estimate of drug-likeness (QED) is 0.700. The van der Waals surface area contributed by atoms with Gasteiger partial charge in [-0.2, -0.15) is 0 Å². The third kappa shape index (κ3) is 3.00. The van der Waals surface area contributed by atoms with Gasteiger partial charge in [-0.15, -0.1) is 0 Å². The fourth-order valence-electron chi connectivity index (χ4n) is 2.06. The van der Waals surface area contributed by atoms with Gasteiger partial charge in [-0.1, -0.05) is 57.2 Å². The first-order valence-electron chi connectivity index (χ1n) is 6.24. The first kappa shape index (κ1) is 12.0. The average Bonchev–Trinajstić information content (AvgIpc) is 2.55. The summed E-state index contributed by atoms with van der Waals surface area (Å²) < 4.78 is 0. The molecule has 17 heavy (non-hydrogen) atoms. The highest BCUT2D eigenvalue weighted by molar-refractivity contribution is 5.49. The molecule has 0 amide bonds. The standard InChI is InChI=1S/C16H21N/c1-16(2,3)14-8-7-12-17(13-11-14)15-9-5-4-6-10-15/h4-11H,12-13H2,1-3H3. The van der Waals surface area contributed by atoms with Crippen LogP contribution in [0.5, 0.6) is 0 Å². The van der Waals surface area contributed by atoms with Crippen LogP contribution < -0.4 is 4.90 Å². The van der Waals surface area contributed by atoms with Crippen LogP contribution in [0.2, 0.25) is 0 Å². The van der Waals surface area contributed by atoms with Gasteiger partial charge in [0.15, 0.2) is 0 Å². The van der Waals surface area contributed by atoms with E-state index in [4.69, 9.17) is 0 Å². The van der Waals surface area contributed by atoms with Crippen LogP contribution >= 0.6 is 0 Å². The summed E-state index contributed by atoms with van der Waals surface area (Å²) in [5.41, 5.74) is 2.96. The minimum atomic E-state index is 0.239. The van der Waals surface area contributed by atoms with E-state index in [2.05, 4.69) is 74.2 Å². The molecule has 0 saturated carbocycles. The minimum Gasteiger partial charge on any atom is -0.364 e. The molecule has 0 atom stereocenters. The third-order valence-corrected chi connectivity index (χ3v) is 3.14. The number of allylic oxidation sites excluding steroid dienone is 2. The molecule has 0 N–H and O–H groups in total. The molecule has 1 nitrogen and oxygen atoms in total. The van der Waals surface area contributed by atoms with E-state index >= 15 is 0 Å². The predicted molar refractivity (Wildman–Crippen MR) is 75.3 cm³/mol. The third-order valence-electron chi connectivity index (χ3n) is 3.14. The van der Waals surface area contributed by atoms with Gasteiger partial charge in [0, 0.05) is 18.8 Å². The van der Waals surface area contributed by atoms with Crippen molar-refractivity contribution in [3.05, 3.63) is 54.1 Å². The topological polar surface area (TPSA) is 3.24 Å². The van der Waals surface area contributed by atoms with Crippen molar-refractivity contribution in [2.24, 2.45) is 5.41 Å². The molecule has 0 radical (unpaired) electrons. The number of nitrogens with zero attached hydrogens (tertiary/aromatic N) is 1. The maximum absolute atomic E-state index is 2.38. The van der Waals surface area contributed by atoms with Crippen molar-refractivity contribution < 1.29 is 0 Å². The van der Waals surface area contributed by atoms with Gasteiger partial charge in [-0.25, -0.2) is 0 Å². The fourth-order valence-corrected chi connectivity index (χ4v) is 2.06. The van der Waals surface area contributed by atoms with Crippen molar-refractivity contribution >= 4 is 5.69 Å². The van der Waals surface area contributed by atoms with Crippen LogP contribution in [0.15, 0.2) is 54.1 Å². The van der Waals surface area contributed by atoms with Crippen molar-refractivity contribution in [2.75, 3.05) is 18.0 Å². The first-order valence-corrected chi connectivity index (χ1v) is 6.24. The Morgan fingerprint density at radius 1 is 1.00 bits per heavy atom. The Labute approximate surface area is 104 Å². The first-order chi connectivity index (χ1) is 8.07. The van der Waals surface area contributed by atoms with Gasteiger partial charge in [0.05, 0.1) is 0 Å². The second kappa shape index (κ2) is 4.79. The van der Waals surface area contributed by atoms with E-state index < -0.39 is 0 Å². The molecule has 1 aliphatic rings. The lowest BCUT2D eigenvalue weighted by molar-refractivity contribution is 0.516. The second-order valence-corrected chi connectivity index (χ2v) is 5.55. The monoisotopic (exact) mass is 227 g/mol. The van der Waals surface area contributed by atoms with Crippen LogP contribution in [0, 0.1) is 5.41 Å². The smallest absolute Gasteiger partial charge is 0.0371 e. The Hall–Kier alpha value is -1.50. The van der Waals surface area contributed by atoms with Crippen LogP contribution in [0.25, 0.3) is 0 Å². The summed E-state index contributed by atoms with van der Waals surface area (Å²) in [4.78, 5) is 2.38. The van der Waals surface area contributed by atoms with Crippen LogP contribution in [-0.2, 0) is 0 Å². The Bertz CT molecular complexity index is 421. The SMILES string of the molecule is CC(C)(C)C1=CCN(c2ccccc2)CC=C1. The average molecular weight is 227 g/mol. The van der Waals surface area contributed by atoms with Crippen LogP contribution in [0.4, 0.5) is 5.69 Å². The molecule has 0 bridgehead atoms. The van der Waals surface area contributed by atoms with E-state index in [0.717, 1.165) is 13.1 Å². The lowest BCUT2D eigenvalue weighted by Gasteiger charge is -2.22. The molecule has 0 fully saturated rings. The lowest BCUT2D eigenvalue weighted by atomic mass is 9.86. The molecule has 1 aliphatic heterocycles. The van der Waals surface area contributed by atoms with E-state index in [1.807, 2.05) is 0 Å². The predicted octanol–water partition coefficient (Wildman–Crippen LogP) is 4.04. The molecule has 2 rings (SSSR count).